The van der Waals surface area contributed by atoms with E-state index >= 15 is 0 Å². The van der Waals surface area contributed by atoms with Crippen molar-refractivity contribution in [3.8, 4) is 0 Å². The summed E-state index contributed by atoms with van der Waals surface area (Å²) in [5.41, 5.74) is 0. The lowest BCUT2D eigenvalue weighted by Gasteiger charge is -2.33. The van der Waals surface area contributed by atoms with Gasteiger partial charge in [0.15, 0.2) is 0 Å². The number of aryl methyl sites for hydroxylation is 1. The Labute approximate surface area is 101 Å². The molecule has 2 atom stereocenters. The number of carbonyl (C=O) groups is 1. The second kappa shape index (κ2) is 4.22. The molecule has 2 fully saturated rings. The van der Waals surface area contributed by atoms with E-state index < -0.39 is 0 Å². The van der Waals surface area contributed by atoms with Crippen LogP contribution >= 0.6 is 0 Å². The van der Waals surface area contributed by atoms with Crippen LogP contribution in [0.3, 0.4) is 0 Å². The summed E-state index contributed by atoms with van der Waals surface area (Å²) in [5, 5.41) is 8.00. The summed E-state index contributed by atoms with van der Waals surface area (Å²) in [6.45, 7) is 1.01. The van der Waals surface area contributed by atoms with Gasteiger partial charge in [-0.2, -0.15) is 0 Å². The molecule has 1 aromatic rings. The van der Waals surface area contributed by atoms with Gasteiger partial charge < -0.3 is 4.57 Å². The number of ketones is 1. The predicted octanol–water partition coefficient (Wildman–Crippen LogP) is 0.553. The van der Waals surface area contributed by atoms with E-state index in [1.165, 1.54) is 12.8 Å². The van der Waals surface area contributed by atoms with Crippen LogP contribution in [0, 0.1) is 0 Å². The molecule has 2 saturated heterocycles. The van der Waals surface area contributed by atoms with Gasteiger partial charge in [-0.1, -0.05) is 0 Å². The van der Waals surface area contributed by atoms with E-state index in [1.807, 2.05) is 11.6 Å². The lowest BCUT2D eigenvalue weighted by atomic mass is 10.0. The molecule has 0 N–H and O–H groups in total. The van der Waals surface area contributed by atoms with Gasteiger partial charge in [-0.05, 0) is 12.8 Å². The first kappa shape index (κ1) is 10.9. The fourth-order valence-corrected chi connectivity index (χ4v) is 3.19. The Hall–Kier alpha value is -1.23. The Morgan fingerprint density at radius 3 is 2.65 bits per heavy atom. The Bertz CT molecular complexity index is 412. The lowest BCUT2D eigenvalue weighted by molar-refractivity contribution is -0.123. The maximum Gasteiger partial charge on any atom is 0.136 e. The van der Waals surface area contributed by atoms with E-state index in [9.17, 15) is 4.79 Å². The number of Topliss-reactive ketones (excluding diaryl/α,β-unsaturated/α-hetero) is 1. The highest BCUT2D eigenvalue weighted by Gasteiger charge is 2.39. The van der Waals surface area contributed by atoms with Crippen LogP contribution in [0.15, 0.2) is 6.33 Å². The van der Waals surface area contributed by atoms with Crippen molar-refractivity contribution in [2.45, 2.75) is 44.2 Å². The fraction of sp³-hybridized carbons (Fsp3) is 0.750. The first-order chi connectivity index (χ1) is 8.24. The van der Waals surface area contributed by atoms with Crippen LogP contribution in [0.25, 0.3) is 0 Å². The van der Waals surface area contributed by atoms with Gasteiger partial charge in [0.1, 0.15) is 17.9 Å². The monoisotopic (exact) mass is 234 g/mol. The summed E-state index contributed by atoms with van der Waals surface area (Å²) >= 11 is 0. The Morgan fingerprint density at radius 2 is 2.06 bits per heavy atom. The minimum atomic E-state index is 0.451. The maximum absolute atomic E-state index is 11.5. The SMILES string of the molecule is Cn1cnnc1CCN1C2CCC1CC(=O)C2. The van der Waals surface area contributed by atoms with E-state index in [2.05, 4.69) is 15.1 Å². The number of hydrogen-bond acceptors (Lipinski definition) is 4. The maximum atomic E-state index is 11.5. The zero-order valence-corrected chi connectivity index (χ0v) is 10.2. The van der Waals surface area contributed by atoms with Gasteiger partial charge in [0.2, 0.25) is 0 Å². The van der Waals surface area contributed by atoms with Crippen LogP contribution < -0.4 is 0 Å². The minimum absolute atomic E-state index is 0.451. The van der Waals surface area contributed by atoms with Crippen LogP contribution in [0.5, 0.6) is 0 Å². The number of hydrogen-bond donors (Lipinski definition) is 0. The highest BCUT2D eigenvalue weighted by Crippen LogP contribution is 2.33. The van der Waals surface area contributed by atoms with Crippen molar-refractivity contribution in [1.29, 1.82) is 0 Å². The summed E-state index contributed by atoms with van der Waals surface area (Å²) in [7, 11) is 1.98. The quantitative estimate of drug-likeness (QED) is 0.766. The Balaban J connectivity index is 1.63. The van der Waals surface area contributed by atoms with Gasteiger partial charge in [0, 0.05) is 44.9 Å². The third-order valence-corrected chi connectivity index (χ3v) is 4.10. The molecule has 0 amide bonds. The average Bonchev–Trinajstić information content (AvgIpc) is 2.79. The van der Waals surface area contributed by atoms with Gasteiger partial charge >= 0.3 is 0 Å². The summed E-state index contributed by atoms with van der Waals surface area (Å²) in [6.07, 6.45) is 6.57. The molecule has 2 bridgehead atoms. The Morgan fingerprint density at radius 1 is 1.35 bits per heavy atom. The molecule has 2 aliphatic heterocycles. The Kier molecular flexibility index (Phi) is 2.70. The summed E-state index contributed by atoms with van der Waals surface area (Å²) in [5.74, 6) is 1.48. The molecule has 3 rings (SSSR count). The van der Waals surface area contributed by atoms with Crippen LogP contribution in [-0.2, 0) is 18.3 Å². The third-order valence-electron chi connectivity index (χ3n) is 4.10. The van der Waals surface area contributed by atoms with Crippen molar-refractivity contribution < 1.29 is 4.79 Å². The normalized spacial score (nSPS) is 28.9. The summed E-state index contributed by atoms with van der Waals surface area (Å²) < 4.78 is 1.97. The van der Waals surface area contributed by atoms with Crippen molar-refractivity contribution in [2.75, 3.05) is 6.54 Å². The molecular formula is C12H18N4O. The fourth-order valence-electron chi connectivity index (χ4n) is 3.19. The molecule has 92 valence electrons. The molecular weight excluding hydrogens is 216 g/mol. The van der Waals surface area contributed by atoms with Crippen molar-refractivity contribution in [2.24, 2.45) is 7.05 Å². The van der Waals surface area contributed by atoms with E-state index in [0.717, 1.165) is 31.6 Å². The van der Waals surface area contributed by atoms with E-state index in [0.29, 0.717) is 17.9 Å². The van der Waals surface area contributed by atoms with Crippen LogP contribution in [0.4, 0.5) is 0 Å². The lowest BCUT2D eigenvalue weighted by Crippen LogP contribution is -2.44. The molecule has 17 heavy (non-hydrogen) atoms. The molecule has 0 radical (unpaired) electrons. The van der Waals surface area contributed by atoms with Crippen molar-refractivity contribution in [3.63, 3.8) is 0 Å². The third kappa shape index (κ3) is 1.99. The largest absolute Gasteiger partial charge is 0.321 e. The minimum Gasteiger partial charge on any atom is -0.321 e. The van der Waals surface area contributed by atoms with Gasteiger partial charge in [0.05, 0.1) is 0 Å². The van der Waals surface area contributed by atoms with Gasteiger partial charge in [0.25, 0.3) is 0 Å². The molecule has 5 nitrogen and oxygen atoms in total. The molecule has 1 aromatic heterocycles. The van der Waals surface area contributed by atoms with Crippen molar-refractivity contribution >= 4 is 5.78 Å². The number of carbonyl (C=O) groups excluding carboxylic acids is 1. The number of piperidine rings is 1. The number of fused-ring (bicyclic) bond motifs is 2. The topological polar surface area (TPSA) is 51.0 Å². The standard InChI is InChI=1S/C12H18N4O/c1-15-8-13-14-12(15)4-5-16-9-2-3-10(16)7-11(17)6-9/h8-10H,2-7H2,1H3. The molecule has 0 aliphatic carbocycles. The first-order valence-electron chi connectivity index (χ1n) is 6.34. The molecule has 5 heteroatoms. The smallest absolute Gasteiger partial charge is 0.136 e. The highest BCUT2D eigenvalue weighted by molar-refractivity contribution is 5.80. The zero-order valence-electron chi connectivity index (χ0n) is 10.2. The van der Waals surface area contributed by atoms with Crippen LogP contribution in [0.2, 0.25) is 0 Å². The average molecular weight is 234 g/mol. The molecule has 0 saturated carbocycles. The highest BCUT2D eigenvalue weighted by atomic mass is 16.1. The summed E-state index contributed by atoms with van der Waals surface area (Å²) in [4.78, 5) is 14.0. The van der Waals surface area contributed by atoms with Gasteiger partial charge in [-0.25, -0.2) is 0 Å². The molecule has 2 unspecified atom stereocenters. The van der Waals surface area contributed by atoms with E-state index in [4.69, 9.17) is 0 Å². The molecule has 3 heterocycles. The van der Waals surface area contributed by atoms with Crippen LogP contribution in [0.1, 0.15) is 31.5 Å². The van der Waals surface area contributed by atoms with E-state index in [-0.39, 0.29) is 0 Å². The van der Waals surface area contributed by atoms with Crippen LogP contribution in [-0.4, -0.2) is 44.1 Å². The first-order valence-corrected chi connectivity index (χ1v) is 6.34. The summed E-state index contributed by atoms with van der Waals surface area (Å²) in [6, 6.07) is 0.990. The van der Waals surface area contributed by atoms with Crippen molar-refractivity contribution in [3.05, 3.63) is 12.2 Å². The second-order valence-electron chi connectivity index (χ2n) is 5.18. The number of rotatable bonds is 3. The van der Waals surface area contributed by atoms with Crippen molar-refractivity contribution in [1.82, 2.24) is 19.7 Å². The number of nitrogens with zero attached hydrogens (tertiary/aromatic N) is 4. The van der Waals surface area contributed by atoms with E-state index in [1.54, 1.807) is 6.33 Å². The number of aromatic nitrogens is 3. The second-order valence-corrected chi connectivity index (χ2v) is 5.18. The zero-order chi connectivity index (χ0) is 11.8. The van der Waals surface area contributed by atoms with Gasteiger partial charge in [-0.15, -0.1) is 10.2 Å². The molecule has 0 spiro atoms. The predicted molar refractivity (Wildman–Crippen MR) is 62.5 cm³/mol. The molecule has 0 aromatic carbocycles. The van der Waals surface area contributed by atoms with Gasteiger partial charge in [-0.3, -0.25) is 9.69 Å². The molecule has 2 aliphatic rings.